The predicted octanol–water partition coefficient (Wildman–Crippen LogP) is 0.546. The van der Waals surface area contributed by atoms with Crippen LogP contribution in [0, 0.1) is 11.6 Å². The summed E-state index contributed by atoms with van der Waals surface area (Å²) in [6, 6.07) is 1.88. The van der Waals surface area contributed by atoms with Crippen LogP contribution in [0.2, 0.25) is 0 Å². The van der Waals surface area contributed by atoms with Crippen LogP contribution in [0.3, 0.4) is 0 Å². The van der Waals surface area contributed by atoms with E-state index in [0.29, 0.717) is 0 Å². The minimum Gasteiger partial charge on any atom is -0.443 e. The molecule has 1 aromatic carbocycles. The molecule has 0 aliphatic carbocycles. The van der Waals surface area contributed by atoms with E-state index in [0.717, 1.165) is 17.0 Å². The number of fused-ring (bicyclic) bond motifs is 1. The summed E-state index contributed by atoms with van der Waals surface area (Å²) in [5.74, 6) is -1.60. The van der Waals surface area contributed by atoms with Crippen LogP contribution in [0.5, 0.6) is 0 Å². The number of nitrogens with one attached hydrogen (secondary N) is 1. The molecule has 0 bridgehead atoms. The highest BCUT2D eigenvalue weighted by Gasteiger charge is 2.43. The van der Waals surface area contributed by atoms with Crippen LogP contribution < -0.4 is 20.9 Å². The number of anilines is 2. The van der Waals surface area contributed by atoms with E-state index in [2.05, 4.69) is 5.32 Å². The Morgan fingerprint density at radius 2 is 1.88 bits per heavy atom. The fraction of sp³-hybridized carbons (Fsp3) is 0.467. The Balaban J connectivity index is 1.58. The van der Waals surface area contributed by atoms with Crippen molar-refractivity contribution in [2.45, 2.75) is 18.2 Å². The lowest BCUT2D eigenvalue weighted by atomic mass is 10.2. The number of hydrogen-bond donors (Lipinski definition) is 2. The van der Waals surface area contributed by atoms with Crippen molar-refractivity contribution in [3.05, 3.63) is 23.8 Å². The molecule has 4 rings (SSSR count). The number of ether oxygens (including phenoxy) is 2. The first-order valence-corrected chi connectivity index (χ1v) is 7.85. The Labute approximate surface area is 141 Å². The number of carbonyl (C=O) groups excluding carboxylic acids is 2. The summed E-state index contributed by atoms with van der Waals surface area (Å²) >= 11 is 0. The van der Waals surface area contributed by atoms with Crippen LogP contribution in [-0.4, -0.2) is 56.6 Å². The lowest BCUT2D eigenvalue weighted by molar-refractivity contribution is 0.143. The molecule has 8 nitrogen and oxygen atoms in total. The molecule has 3 aliphatic heterocycles. The maximum absolute atomic E-state index is 14.6. The minimum atomic E-state index is -0.801. The Morgan fingerprint density at radius 1 is 1.16 bits per heavy atom. The molecule has 1 aromatic rings. The van der Waals surface area contributed by atoms with Crippen LogP contribution in [0.4, 0.5) is 29.7 Å². The van der Waals surface area contributed by atoms with E-state index in [4.69, 9.17) is 15.2 Å². The van der Waals surface area contributed by atoms with Crippen LogP contribution >= 0.6 is 0 Å². The van der Waals surface area contributed by atoms with Crippen LogP contribution in [0.1, 0.15) is 0 Å². The van der Waals surface area contributed by atoms with Gasteiger partial charge in [-0.1, -0.05) is 0 Å². The third kappa shape index (κ3) is 2.62. The van der Waals surface area contributed by atoms with Crippen molar-refractivity contribution in [3.63, 3.8) is 0 Å². The number of rotatable bonds is 3. The van der Waals surface area contributed by atoms with Gasteiger partial charge in [0.05, 0.1) is 24.8 Å². The fourth-order valence-corrected chi connectivity index (χ4v) is 3.40. The maximum atomic E-state index is 14.6. The van der Waals surface area contributed by atoms with E-state index < -0.39 is 36.0 Å². The largest absolute Gasteiger partial charge is 0.443 e. The van der Waals surface area contributed by atoms with E-state index >= 15 is 0 Å². The van der Waals surface area contributed by atoms with Gasteiger partial charge < -0.3 is 25.4 Å². The summed E-state index contributed by atoms with van der Waals surface area (Å²) in [5.41, 5.74) is 5.32. The van der Waals surface area contributed by atoms with Gasteiger partial charge in [-0.2, -0.15) is 0 Å². The molecule has 134 valence electrons. The Morgan fingerprint density at radius 3 is 2.48 bits per heavy atom. The van der Waals surface area contributed by atoms with Crippen molar-refractivity contribution in [2.24, 2.45) is 5.73 Å². The van der Waals surface area contributed by atoms with Crippen molar-refractivity contribution >= 4 is 23.6 Å². The molecule has 3 saturated heterocycles. The molecule has 0 aromatic heterocycles. The second-order valence-corrected chi connectivity index (χ2v) is 6.21. The first-order valence-electron chi connectivity index (χ1n) is 7.85. The van der Waals surface area contributed by atoms with Crippen molar-refractivity contribution in [2.75, 3.05) is 36.0 Å². The number of alkyl carbamates (subject to hydrolysis) is 1. The zero-order valence-electron chi connectivity index (χ0n) is 13.1. The molecule has 3 aliphatic rings. The maximum Gasteiger partial charge on any atom is 0.414 e. The van der Waals surface area contributed by atoms with Gasteiger partial charge in [-0.3, -0.25) is 4.90 Å². The standard InChI is InChI=1S/C15H16F2N4O4/c16-9-1-7(21-4-8(3-18)24-15(21)23)2-10(17)13(9)20-5-11-12(6-20)25-14(22)19-11/h1-2,8,11-12H,3-6,18H2,(H,19,22). The van der Waals surface area contributed by atoms with E-state index in [-0.39, 0.29) is 43.6 Å². The third-order valence-electron chi connectivity index (χ3n) is 4.59. The molecule has 3 atom stereocenters. The zero-order valence-corrected chi connectivity index (χ0v) is 13.1. The highest BCUT2D eigenvalue weighted by atomic mass is 19.1. The monoisotopic (exact) mass is 354 g/mol. The van der Waals surface area contributed by atoms with E-state index in [1.807, 2.05) is 0 Å². The summed E-state index contributed by atoms with van der Waals surface area (Å²) in [7, 11) is 0. The average Bonchev–Trinajstić information content (AvgIpc) is 3.19. The molecule has 0 radical (unpaired) electrons. The summed E-state index contributed by atoms with van der Waals surface area (Å²) in [6.07, 6.45) is -2.15. The Kier molecular flexibility index (Phi) is 3.64. The van der Waals surface area contributed by atoms with Crippen LogP contribution in [0.25, 0.3) is 0 Å². The molecular formula is C15H16F2N4O4. The van der Waals surface area contributed by atoms with Gasteiger partial charge in [-0.15, -0.1) is 0 Å². The molecule has 3 unspecified atom stereocenters. The van der Waals surface area contributed by atoms with E-state index in [1.54, 1.807) is 0 Å². The number of carbonyl (C=O) groups is 2. The van der Waals surface area contributed by atoms with Gasteiger partial charge in [0.1, 0.15) is 17.9 Å². The van der Waals surface area contributed by atoms with Crippen molar-refractivity contribution in [1.29, 1.82) is 0 Å². The predicted molar refractivity (Wildman–Crippen MR) is 82.4 cm³/mol. The number of nitrogens with zero attached hydrogens (tertiary/aromatic N) is 2. The minimum absolute atomic E-state index is 0.0728. The third-order valence-corrected chi connectivity index (χ3v) is 4.59. The lowest BCUT2D eigenvalue weighted by Gasteiger charge is -2.22. The van der Waals surface area contributed by atoms with E-state index in [9.17, 15) is 18.4 Å². The van der Waals surface area contributed by atoms with Crippen molar-refractivity contribution in [1.82, 2.24) is 5.32 Å². The molecule has 25 heavy (non-hydrogen) atoms. The zero-order chi connectivity index (χ0) is 17.7. The molecule has 2 amide bonds. The van der Waals surface area contributed by atoms with Crippen LogP contribution in [0.15, 0.2) is 12.1 Å². The van der Waals surface area contributed by atoms with Gasteiger partial charge >= 0.3 is 12.2 Å². The molecule has 3 N–H and O–H groups in total. The topological polar surface area (TPSA) is 97.1 Å². The highest BCUT2D eigenvalue weighted by Crippen LogP contribution is 2.33. The summed E-state index contributed by atoms with van der Waals surface area (Å²) in [6.45, 7) is 0.705. The smallest absolute Gasteiger partial charge is 0.414 e. The fourth-order valence-electron chi connectivity index (χ4n) is 3.40. The summed E-state index contributed by atoms with van der Waals surface area (Å²) in [4.78, 5) is 25.6. The number of halogens is 2. The van der Waals surface area contributed by atoms with Crippen molar-refractivity contribution in [3.8, 4) is 0 Å². The normalized spacial score (nSPS) is 28.0. The summed E-state index contributed by atoms with van der Waals surface area (Å²) in [5, 5.41) is 2.60. The van der Waals surface area contributed by atoms with E-state index in [1.165, 1.54) is 4.90 Å². The first kappa shape index (κ1) is 15.9. The van der Waals surface area contributed by atoms with Gasteiger partial charge in [-0.25, -0.2) is 18.4 Å². The first-order chi connectivity index (χ1) is 12.0. The van der Waals surface area contributed by atoms with Crippen LogP contribution in [-0.2, 0) is 9.47 Å². The highest BCUT2D eigenvalue weighted by molar-refractivity contribution is 5.90. The van der Waals surface area contributed by atoms with Gasteiger partial charge in [0.15, 0.2) is 11.6 Å². The van der Waals surface area contributed by atoms with Crippen molar-refractivity contribution < 1.29 is 27.8 Å². The molecular weight excluding hydrogens is 338 g/mol. The van der Waals surface area contributed by atoms with Gasteiger partial charge in [0.2, 0.25) is 0 Å². The Bertz CT molecular complexity index is 707. The molecule has 10 heteroatoms. The second-order valence-electron chi connectivity index (χ2n) is 6.21. The molecule has 0 spiro atoms. The number of hydrogen-bond acceptors (Lipinski definition) is 6. The van der Waals surface area contributed by atoms with Gasteiger partial charge in [0, 0.05) is 25.2 Å². The number of nitrogens with two attached hydrogens (primary N) is 1. The number of benzene rings is 1. The lowest BCUT2D eigenvalue weighted by Crippen LogP contribution is -2.33. The molecule has 0 saturated carbocycles. The average molecular weight is 354 g/mol. The molecule has 3 heterocycles. The van der Waals surface area contributed by atoms with Gasteiger partial charge in [0.25, 0.3) is 0 Å². The second kappa shape index (κ2) is 5.73. The number of amides is 2. The Hall–Kier alpha value is -2.62. The molecule has 3 fully saturated rings. The number of cyclic esters (lactones) is 1. The SMILES string of the molecule is NCC1CN(c2cc(F)c(N3CC4NC(=O)OC4C3)c(F)c2)C(=O)O1. The van der Waals surface area contributed by atoms with Gasteiger partial charge in [-0.05, 0) is 0 Å². The summed E-state index contributed by atoms with van der Waals surface area (Å²) < 4.78 is 39.2. The quantitative estimate of drug-likeness (QED) is 0.823.